The van der Waals surface area contributed by atoms with Crippen LogP contribution < -0.4 is 4.74 Å². The Labute approximate surface area is 127 Å². The zero-order valence-corrected chi connectivity index (χ0v) is 12.5. The molecule has 0 aliphatic carbocycles. The second-order valence-corrected chi connectivity index (χ2v) is 5.15. The summed E-state index contributed by atoms with van der Waals surface area (Å²) in [5.74, 6) is -2.52. The van der Waals surface area contributed by atoms with Gasteiger partial charge in [-0.25, -0.2) is 9.18 Å². The van der Waals surface area contributed by atoms with Gasteiger partial charge in [0.1, 0.15) is 17.1 Å². The molecule has 2 rings (SSSR count). The van der Waals surface area contributed by atoms with Crippen molar-refractivity contribution in [2.24, 2.45) is 0 Å². The Morgan fingerprint density at radius 3 is 2.73 bits per heavy atom. The van der Waals surface area contributed by atoms with Gasteiger partial charge in [-0.2, -0.15) is 0 Å². The number of likely N-dealkylation sites (tertiary alicyclic amines) is 1. The maximum absolute atomic E-state index is 14.1. The van der Waals surface area contributed by atoms with E-state index in [1.165, 1.54) is 31.3 Å². The smallest absolute Gasteiger partial charge is 0.332 e. The number of halogens is 1. The molecule has 0 spiro atoms. The van der Waals surface area contributed by atoms with E-state index in [1.54, 1.807) is 0 Å². The van der Waals surface area contributed by atoms with E-state index in [4.69, 9.17) is 9.47 Å². The van der Waals surface area contributed by atoms with Gasteiger partial charge in [0.05, 0.1) is 13.7 Å². The second kappa shape index (κ2) is 6.31. The van der Waals surface area contributed by atoms with Crippen LogP contribution in [-0.4, -0.2) is 54.8 Å². The first-order valence-electron chi connectivity index (χ1n) is 6.84. The third-order valence-electron chi connectivity index (χ3n) is 3.92. The third-order valence-corrected chi connectivity index (χ3v) is 3.92. The van der Waals surface area contributed by atoms with Crippen molar-refractivity contribution in [1.29, 1.82) is 0 Å². The fourth-order valence-corrected chi connectivity index (χ4v) is 2.86. The molecule has 1 atom stereocenters. The highest BCUT2D eigenvalue weighted by Gasteiger charge is 2.51. The molecule has 0 bridgehead atoms. The lowest BCUT2D eigenvalue weighted by Crippen LogP contribution is -2.56. The monoisotopic (exact) mass is 311 g/mol. The number of carboxylic acid groups (broad SMARTS) is 1. The minimum atomic E-state index is -1.47. The topological polar surface area (TPSA) is 76.1 Å². The van der Waals surface area contributed by atoms with E-state index in [1.807, 2.05) is 0 Å². The molecule has 6 nitrogen and oxygen atoms in total. The number of nitrogens with zero attached hydrogens (tertiary/aromatic N) is 1. The average molecular weight is 311 g/mol. The Bertz CT molecular complexity index is 591. The minimum absolute atomic E-state index is 0.0774. The van der Waals surface area contributed by atoms with Crippen molar-refractivity contribution in [2.45, 2.75) is 18.4 Å². The number of rotatable bonds is 5. The number of ether oxygens (including phenoxy) is 2. The molecule has 1 aromatic rings. The normalized spacial score (nSPS) is 21.0. The van der Waals surface area contributed by atoms with Gasteiger partial charge in [0.2, 0.25) is 0 Å². The van der Waals surface area contributed by atoms with Crippen molar-refractivity contribution < 1.29 is 28.6 Å². The summed E-state index contributed by atoms with van der Waals surface area (Å²) in [6, 6.07) is 4.03. The van der Waals surface area contributed by atoms with E-state index in [2.05, 4.69) is 0 Å². The molecule has 1 aliphatic rings. The van der Waals surface area contributed by atoms with E-state index >= 15 is 0 Å². The van der Waals surface area contributed by atoms with Crippen molar-refractivity contribution in [1.82, 2.24) is 4.90 Å². The molecule has 120 valence electrons. The summed E-state index contributed by atoms with van der Waals surface area (Å²) in [7, 11) is 2.70. The summed E-state index contributed by atoms with van der Waals surface area (Å²) in [5.41, 5.74) is -1.73. The summed E-state index contributed by atoms with van der Waals surface area (Å²) < 4.78 is 24.1. The molecule has 1 saturated heterocycles. The molecule has 0 radical (unpaired) electrons. The predicted octanol–water partition coefficient (Wildman–Crippen LogP) is 1.54. The molecular weight excluding hydrogens is 293 g/mol. The molecule has 0 aromatic heterocycles. The number of carboxylic acids is 1. The van der Waals surface area contributed by atoms with Crippen LogP contribution in [0.25, 0.3) is 0 Å². The van der Waals surface area contributed by atoms with Crippen LogP contribution in [0.1, 0.15) is 23.2 Å². The SMILES string of the molecule is COCC1(C(=O)O)CCCN1C(=O)c1c(F)cccc1OC. The van der Waals surface area contributed by atoms with Crippen molar-refractivity contribution in [3.8, 4) is 5.75 Å². The van der Waals surface area contributed by atoms with Crippen molar-refractivity contribution >= 4 is 11.9 Å². The van der Waals surface area contributed by atoms with E-state index in [-0.39, 0.29) is 30.9 Å². The van der Waals surface area contributed by atoms with Gasteiger partial charge in [-0.3, -0.25) is 4.79 Å². The number of carbonyl (C=O) groups is 2. The average Bonchev–Trinajstić information content (AvgIpc) is 2.91. The lowest BCUT2D eigenvalue weighted by atomic mass is 9.96. The summed E-state index contributed by atoms with van der Waals surface area (Å²) >= 11 is 0. The number of aliphatic carboxylic acids is 1. The van der Waals surface area contributed by atoms with E-state index in [0.717, 1.165) is 6.07 Å². The number of hydrogen-bond acceptors (Lipinski definition) is 4. The van der Waals surface area contributed by atoms with Crippen LogP contribution in [0.15, 0.2) is 18.2 Å². The third kappa shape index (κ3) is 2.52. The Morgan fingerprint density at radius 1 is 1.41 bits per heavy atom. The number of methoxy groups -OCH3 is 2. The number of amides is 1. The van der Waals surface area contributed by atoms with Gasteiger partial charge in [-0.05, 0) is 25.0 Å². The molecule has 1 fully saturated rings. The number of benzene rings is 1. The first kappa shape index (κ1) is 16.2. The van der Waals surface area contributed by atoms with E-state index in [0.29, 0.717) is 6.42 Å². The Hall–Kier alpha value is -2.15. The Kier molecular flexibility index (Phi) is 4.65. The van der Waals surface area contributed by atoms with Gasteiger partial charge in [0, 0.05) is 13.7 Å². The van der Waals surface area contributed by atoms with Crippen LogP contribution in [0, 0.1) is 5.82 Å². The first-order valence-corrected chi connectivity index (χ1v) is 6.84. The highest BCUT2D eigenvalue weighted by atomic mass is 19.1. The standard InChI is InChI=1S/C15H18FNO5/c1-21-9-15(14(19)20)7-4-8-17(15)13(18)12-10(16)5-3-6-11(12)22-2/h3,5-6H,4,7-9H2,1-2H3,(H,19,20). The van der Waals surface area contributed by atoms with Gasteiger partial charge in [0.25, 0.3) is 5.91 Å². The van der Waals surface area contributed by atoms with Crippen LogP contribution >= 0.6 is 0 Å². The van der Waals surface area contributed by atoms with Crippen molar-refractivity contribution in [3.05, 3.63) is 29.6 Å². The molecule has 0 saturated carbocycles. The lowest BCUT2D eigenvalue weighted by molar-refractivity contribution is -0.151. The molecule has 22 heavy (non-hydrogen) atoms. The predicted molar refractivity (Wildman–Crippen MR) is 75.5 cm³/mol. The van der Waals surface area contributed by atoms with Crippen LogP contribution in [0.2, 0.25) is 0 Å². The first-order chi connectivity index (χ1) is 10.5. The Balaban J connectivity index is 2.46. The molecule has 1 aliphatic heterocycles. The molecule has 1 N–H and O–H groups in total. The van der Waals surface area contributed by atoms with Crippen LogP contribution in [0.3, 0.4) is 0 Å². The van der Waals surface area contributed by atoms with E-state index in [9.17, 15) is 19.1 Å². The summed E-state index contributed by atoms with van der Waals surface area (Å²) in [6.45, 7) is 0.0802. The second-order valence-electron chi connectivity index (χ2n) is 5.15. The van der Waals surface area contributed by atoms with Gasteiger partial charge in [-0.1, -0.05) is 6.07 Å². The summed E-state index contributed by atoms with van der Waals surface area (Å²) in [6.07, 6.45) is 0.775. The number of hydrogen-bond donors (Lipinski definition) is 1. The van der Waals surface area contributed by atoms with Crippen LogP contribution in [-0.2, 0) is 9.53 Å². The van der Waals surface area contributed by atoms with Crippen molar-refractivity contribution in [3.63, 3.8) is 0 Å². The molecule has 1 heterocycles. The van der Waals surface area contributed by atoms with Crippen LogP contribution in [0.4, 0.5) is 4.39 Å². The zero-order chi connectivity index (χ0) is 16.3. The zero-order valence-electron chi connectivity index (χ0n) is 12.5. The van der Waals surface area contributed by atoms with E-state index < -0.39 is 23.2 Å². The summed E-state index contributed by atoms with van der Waals surface area (Å²) in [5, 5.41) is 9.56. The largest absolute Gasteiger partial charge is 0.496 e. The lowest BCUT2D eigenvalue weighted by Gasteiger charge is -2.34. The molecule has 7 heteroatoms. The fraction of sp³-hybridized carbons (Fsp3) is 0.467. The fourth-order valence-electron chi connectivity index (χ4n) is 2.86. The van der Waals surface area contributed by atoms with Gasteiger partial charge >= 0.3 is 5.97 Å². The summed E-state index contributed by atoms with van der Waals surface area (Å²) in [4.78, 5) is 25.6. The minimum Gasteiger partial charge on any atom is -0.496 e. The van der Waals surface area contributed by atoms with Gasteiger partial charge in [-0.15, -0.1) is 0 Å². The highest BCUT2D eigenvalue weighted by molar-refractivity contribution is 6.00. The molecule has 1 amide bonds. The molecular formula is C15H18FNO5. The highest BCUT2D eigenvalue weighted by Crippen LogP contribution is 2.34. The molecule has 1 aromatic carbocycles. The Morgan fingerprint density at radius 2 is 2.14 bits per heavy atom. The maximum Gasteiger partial charge on any atom is 0.332 e. The maximum atomic E-state index is 14.1. The number of carbonyl (C=O) groups excluding carboxylic acids is 1. The van der Waals surface area contributed by atoms with Crippen LogP contribution in [0.5, 0.6) is 5.75 Å². The van der Waals surface area contributed by atoms with Gasteiger partial charge < -0.3 is 19.5 Å². The quantitative estimate of drug-likeness (QED) is 0.892. The molecule has 1 unspecified atom stereocenters. The van der Waals surface area contributed by atoms with Gasteiger partial charge in [0.15, 0.2) is 5.54 Å². The van der Waals surface area contributed by atoms with Crippen molar-refractivity contribution in [2.75, 3.05) is 27.4 Å².